The highest BCUT2D eigenvalue weighted by molar-refractivity contribution is 5.87. The Morgan fingerprint density at radius 3 is 1.42 bits per heavy atom. The topological polar surface area (TPSA) is 63.2 Å². The van der Waals surface area contributed by atoms with E-state index in [9.17, 15) is 4.79 Å². The number of rotatable bonds is 16. The largest absolute Gasteiger partial charge is 0.494 e. The first-order chi connectivity index (χ1) is 16.0. The molecule has 0 amide bonds. The molecule has 0 radical (unpaired) electrons. The number of carbonyl (C=O) groups is 1. The lowest BCUT2D eigenvalue weighted by Gasteiger charge is -2.19. The van der Waals surface area contributed by atoms with E-state index in [1.54, 1.807) is 6.92 Å². The van der Waals surface area contributed by atoms with Gasteiger partial charge in [0.25, 0.3) is 0 Å². The first-order valence-electron chi connectivity index (χ1n) is 11.6. The van der Waals surface area contributed by atoms with Gasteiger partial charge in [-0.05, 0) is 68.3 Å². The van der Waals surface area contributed by atoms with Crippen LogP contribution in [0.5, 0.6) is 23.0 Å². The van der Waals surface area contributed by atoms with Crippen molar-refractivity contribution >= 4 is 5.97 Å². The monoisotopic (exact) mass is 456 g/mol. The zero-order chi connectivity index (χ0) is 23.9. The van der Waals surface area contributed by atoms with Crippen LogP contribution in [0.3, 0.4) is 0 Å². The van der Waals surface area contributed by atoms with E-state index in [0.29, 0.717) is 30.3 Å². The second-order valence-corrected chi connectivity index (χ2v) is 7.78. The predicted molar refractivity (Wildman–Crippen MR) is 129 cm³/mol. The molecule has 180 valence electrons. The van der Waals surface area contributed by atoms with E-state index in [1.165, 1.54) is 0 Å². The van der Waals surface area contributed by atoms with Crippen LogP contribution in [0.15, 0.2) is 60.7 Å². The molecule has 2 aromatic carbocycles. The second-order valence-electron chi connectivity index (χ2n) is 7.78. The number of benzene rings is 2. The first-order valence-corrected chi connectivity index (χ1v) is 11.6. The lowest BCUT2D eigenvalue weighted by molar-refractivity contribution is -0.147. The number of esters is 1. The third kappa shape index (κ3) is 10.3. The summed E-state index contributed by atoms with van der Waals surface area (Å²) in [5, 5.41) is 0. The second kappa shape index (κ2) is 14.8. The van der Waals surface area contributed by atoms with Gasteiger partial charge in [0.05, 0.1) is 13.2 Å². The molecule has 0 spiro atoms. The van der Waals surface area contributed by atoms with Crippen LogP contribution >= 0.6 is 0 Å². The lowest BCUT2D eigenvalue weighted by Crippen LogP contribution is -2.31. The summed E-state index contributed by atoms with van der Waals surface area (Å²) in [6, 6.07) is 14.8. The average Bonchev–Trinajstić information content (AvgIpc) is 2.82. The molecular weight excluding hydrogens is 420 g/mol. The van der Waals surface area contributed by atoms with Gasteiger partial charge in [0.1, 0.15) is 36.2 Å². The van der Waals surface area contributed by atoms with Crippen molar-refractivity contribution in [3.63, 3.8) is 0 Å². The number of carbonyl (C=O) groups excluding carboxylic acids is 1. The van der Waals surface area contributed by atoms with Gasteiger partial charge < -0.3 is 23.7 Å². The molecular formula is C27H36O6. The van der Waals surface area contributed by atoms with Crippen molar-refractivity contribution in [3.05, 3.63) is 60.7 Å². The molecule has 33 heavy (non-hydrogen) atoms. The van der Waals surface area contributed by atoms with E-state index in [2.05, 4.69) is 20.4 Å². The minimum atomic E-state index is -0.602. The van der Waals surface area contributed by atoms with Crippen LogP contribution in [0, 0.1) is 0 Å². The molecule has 0 unspecified atom stereocenters. The number of unbranched alkanes of at least 4 members (excludes halogenated alkanes) is 2. The highest BCUT2D eigenvalue weighted by atomic mass is 16.6. The van der Waals surface area contributed by atoms with Crippen LogP contribution in [0.4, 0.5) is 0 Å². The number of hydrogen-bond donors (Lipinski definition) is 0. The van der Waals surface area contributed by atoms with Crippen LogP contribution in [-0.2, 0) is 9.53 Å². The van der Waals surface area contributed by atoms with Gasteiger partial charge in [-0.3, -0.25) is 0 Å². The zero-order valence-electron chi connectivity index (χ0n) is 20.0. The standard InChI is InChI=1S/C27H36O6/c1-5-7-17-29-22-9-13-24(14-10-22)31-19-26(33-27(28)21(3)4)20-32-25-15-11-23(12-16-25)30-18-8-6-2/h9-16,26H,3,5-8,17-20H2,1-2,4H3. The Morgan fingerprint density at radius 1 is 0.727 bits per heavy atom. The molecule has 0 saturated carbocycles. The van der Waals surface area contributed by atoms with Crippen molar-refractivity contribution in [3.8, 4) is 23.0 Å². The van der Waals surface area contributed by atoms with E-state index in [-0.39, 0.29) is 13.2 Å². The maximum Gasteiger partial charge on any atom is 0.333 e. The van der Waals surface area contributed by atoms with Crippen LogP contribution in [0.1, 0.15) is 46.5 Å². The zero-order valence-corrected chi connectivity index (χ0v) is 20.0. The molecule has 6 nitrogen and oxygen atoms in total. The molecule has 6 heteroatoms. The molecule has 0 aliphatic heterocycles. The Hall–Kier alpha value is -3.15. The SMILES string of the molecule is C=C(C)C(=O)OC(COc1ccc(OCCCC)cc1)COc1ccc(OCCCC)cc1. The van der Waals surface area contributed by atoms with Gasteiger partial charge in [-0.1, -0.05) is 33.3 Å². The van der Waals surface area contributed by atoms with Gasteiger partial charge in [-0.2, -0.15) is 0 Å². The summed E-state index contributed by atoms with van der Waals surface area (Å²) in [6.45, 7) is 11.2. The molecule has 0 fully saturated rings. The molecule has 0 aliphatic rings. The molecule has 2 aromatic rings. The van der Waals surface area contributed by atoms with Crippen molar-refractivity contribution in [2.24, 2.45) is 0 Å². The third-order valence-electron chi connectivity index (χ3n) is 4.67. The number of ether oxygens (including phenoxy) is 5. The molecule has 0 saturated heterocycles. The van der Waals surface area contributed by atoms with Crippen molar-refractivity contribution in [1.29, 1.82) is 0 Å². The van der Waals surface area contributed by atoms with Gasteiger partial charge >= 0.3 is 5.97 Å². The summed E-state index contributed by atoms with van der Waals surface area (Å²) < 4.78 is 28.5. The van der Waals surface area contributed by atoms with Crippen molar-refractivity contribution in [2.75, 3.05) is 26.4 Å². The maximum absolute atomic E-state index is 12.0. The highest BCUT2D eigenvalue weighted by Gasteiger charge is 2.17. The van der Waals surface area contributed by atoms with E-state index < -0.39 is 12.1 Å². The van der Waals surface area contributed by atoms with E-state index in [0.717, 1.165) is 37.2 Å². The Kier molecular flexibility index (Phi) is 11.7. The minimum Gasteiger partial charge on any atom is -0.494 e. The molecule has 0 aromatic heterocycles. The van der Waals surface area contributed by atoms with Gasteiger partial charge in [-0.15, -0.1) is 0 Å². The van der Waals surface area contributed by atoms with Gasteiger partial charge in [0.2, 0.25) is 0 Å². The fourth-order valence-electron chi connectivity index (χ4n) is 2.68. The molecule has 0 bridgehead atoms. The van der Waals surface area contributed by atoms with Gasteiger partial charge in [0.15, 0.2) is 6.10 Å². The molecule has 0 aliphatic carbocycles. The summed E-state index contributed by atoms with van der Waals surface area (Å²) in [5.74, 6) is 2.43. The molecule has 0 N–H and O–H groups in total. The Morgan fingerprint density at radius 2 is 1.09 bits per heavy atom. The van der Waals surface area contributed by atoms with Crippen LogP contribution in [-0.4, -0.2) is 38.5 Å². The van der Waals surface area contributed by atoms with E-state index in [4.69, 9.17) is 23.7 Å². The third-order valence-corrected chi connectivity index (χ3v) is 4.67. The van der Waals surface area contributed by atoms with Crippen LogP contribution in [0.2, 0.25) is 0 Å². The quantitative estimate of drug-likeness (QED) is 0.176. The van der Waals surface area contributed by atoms with Crippen molar-refractivity contribution in [2.45, 2.75) is 52.6 Å². The smallest absolute Gasteiger partial charge is 0.333 e. The Labute approximate surface area is 197 Å². The van der Waals surface area contributed by atoms with E-state index >= 15 is 0 Å². The summed E-state index contributed by atoms with van der Waals surface area (Å²) in [4.78, 5) is 12.0. The van der Waals surface area contributed by atoms with Crippen molar-refractivity contribution in [1.82, 2.24) is 0 Å². The molecule has 0 atom stereocenters. The maximum atomic E-state index is 12.0. The summed E-state index contributed by atoms with van der Waals surface area (Å²) in [5.41, 5.74) is 0.321. The fourth-order valence-corrected chi connectivity index (χ4v) is 2.68. The Bertz CT molecular complexity index is 771. The Balaban J connectivity index is 1.89. The predicted octanol–water partition coefficient (Wildman–Crippen LogP) is 5.99. The van der Waals surface area contributed by atoms with Gasteiger partial charge in [0, 0.05) is 5.57 Å². The summed E-state index contributed by atoms with van der Waals surface area (Å²) in [6.07, 6.45) is 3.61. The highest BCUT2D eigenvalue weighted by Crippen LogP contribution is 2.20. The normalized spacial score (nSPS) is 10.5. The minimum absolute atomic E-state index is 0.146. The average molecular weight is 457 g/mol. The first kappa shape index (κ1) is 26.1. The lowest BCUT2D eigenvalue weighted by atomic mass is 10.3. The summed E-state index contributed by atoms with van der Waals surface area (Å²) in [7, 11) is 0. The van der Waals surface area contributed by atoms with Crippen LogP contribution in [0.25, 0.3) is 0 Å². The van der Waals surface area contributed by atoms with Crippen molar-refractivity contribution < 1.29 is 28.5 Å². The van der Waals surface area contributed by atoms with Gasteiger partial charge in [-0.25, -0.2) is 4.79 Å². The van der Waals surface area contributed by atoms with E-state index in [1.807, 2.05) is 48.5 Å². The molecule has 2 rings (SSSR count). The number of hydrogen-bond acceptors (Lipinski definition) is 6. The van der Waals surface area contributed by atoms with Crippen LogP contribution < -0.4 is 18.9 Å². The summed E-state index contributed by atoms with van der Waals surface area (Å²) >= 11 is 0. The molecule has 0 heterocycles. The fraction of sp³-hybridized carbons (Fsp3) is 0.444.